The number of nitrogens with two attached hydrogens (primary N) is 1. The van der Waals surface area contributed by atoms with Crippen molar-refractivity contribution < 1.29 is 9.53 Å². The largest absolute Gasteiger partial charge is 0.496 e. The number of rotatable bonds is 4. The van der Waals surface area contributed by atoms with Crippen molar-refractivity contribution in [2.45, 2.75) is 33.2 Å². The summed E-state index contributed by atoms with van der Waals surface area (Å²) in [6.07, 6.45) is 0.382. The van der Waals surface area contributed by atoms with Crippen molar-refractivity contribution in [1.82, 2.24) is 0 Å². The zero-order valence-electron chi connectivity index (χ0n) is 10.3. The van der Waals surface area contributed by atoms with Gasteiger partial charge in [0.1, 0.15) is 5.75 Å². The maximum atomic E-state index is 11.9. The molecule has 0 saturated carbocycles. The molecule has 0 aromatic heterocycles. The number of hydrogen-bond acceptors (Lipinski definition) is 3. The lowest BCUT2D eigenvalue weighted by atomic mass is 9.96. The molecular formula is C13H19NO2. The first-order valence-electron chi connectivity index (χ1n) is 5.40. The second-order valence-electron chi connectivity index (χ2n) is 4.17. The van der Waals surface area contributed by atoms with Gasteiger partial charge in [0, 0.05) is 18.0 Å². The van der Waals surface area contributed by atoms with E-state index in [0.717, 1.165) is 22.4 Å². The first-order chi connectivity index (χ1) is 7.47. The summed E-state index contributed by atoms with van der Waals surface area (Å²) in [6, 6.07) is 3.54. The summed E-state index contributed by atoms with van der Waals surface area (Å²) in [6.45, 7) is 5.73. The number of benzene rings is 1. The molecule has 3 nitrogen and oxygen atoms in total. The highest BCUT2D eigenvalue weighted by molar-refractivity contribution is 5.98. The molecule has 1 unspecified atom stereocenters. The van der Waals surface area contributed by atoms with Gasteiger partial charge in [-0.3, -0.25) is 4.79 Å². The topological polar surface area (TPSA) is 52.3 Å². The highest BCUT2D eigenvalue weighted by Crippen LogP contribution is 2.24. The van der Waals surface area contributed by atoms with Gasteiger partial charge in [-0.05, 0) is 44.0 Å². The Kier molecular flexibility index (Phi) is 4.07. The fourth-order valence-corrected chi connectivity index (χ4v) is 1.72. The van der Waals surface area contributed by atoms with E-state index in [9.17, 15) is 4.79 Å². The maximum absolute atomic E-state index is 11.9. The van der Waals surface area contributed by atoms with Gasteiger partial charge in [-0.25, -0.2) is 0 Å². The van der Waals surface area contributed by atoms with Gasteiger partial charge in [0.15, 0.2) is 5.78 Å². The molecule has 1 aromatic carbocycles. The summed E-state index contributed by atoms with van der Waals surface area (Å²) in [5.41, 5.74) is 8.36. The summed E-state index contributed by atoms with van der Waals surface area (Å²) >= 11 is 0. The Balaban J connectivity index is 3.07. The molecule has 1 rings (SSSR count). The third-order valence-corrected chi connectivity index (χ3v) is 2.77. The zero-order chi connectivity index (χ0) is 12.3. The lowest BCUT2D eigenvalue weighted by Crippen LogP contribution is -2.20. The minimum Gasteiger partial charge on any atom is -0.496 e. The van der Waals surface area contributed by atoms with Gasteiger partial charge in [-0.2, -0.15) is 0 Å². The number of ether oxygens (including phenoxy) is 1. The van der Waals surface area contributed by atoms with Crippen LogP contribution in [0.1, 0.15) is 34.8 Å². The number of carbonyl (C=O) groups is 1. The van der Waals surface area contributed by atoms with E-state index < -0.39 is 0 Å². The maximum Gasteiger partial charge on any atom is 0.164 e. The second kappa shape index (κ2) is 5.12. The molecule has 2 N–H and O–H groups in total. The molecule has 0 fully saturated rings. The molecule has 0 aliphatic heterocycles. The molecule has 0 aliphatic rings. The molecule has 3 heteroatoms. The van der Waals surface area contributed by atoms with Crippen LogP contribution >= 0.6 is 0 Å². The van der Waals surface area contributed by atoms with Crippen LogP contribution in [0.5, 0.6) is 5.75 Å². The van der Waals surface area contributed by atoms with Crippen LogP contribution in [-0.4, -0.2) is 18.9 Å². The van der Waals surface area contributed by atoms with E-state index in [1.54, 1.807) is 7.11 Å². The molecule has 0 aliphatic carbocycles. The van der Waals surface area contributed by atoms with Gasteiger partial charge in [0.25, 0.3) is 0 Å². The minimum absolute atomic E-state index is 0.0956. The lowest BCUT2D eigenvalue weighted by molar-refractivity contribution is 0.0976. The van der Waals surface area contributed by atoms with E-state index in [4.69, 9.17) is 10.5 Å². The van der Waals surface area contributed by atoms with Crippen LogP contribution in [0.4, 0.5) is 0 Å². The fourth-order valence-electron chi connectivity index (χ4n) is 1.72. The van der Waals surface area contributed by atoms with Crippen molar-refractivity contribution in [3.63, 3.8) is 0 Å². The minimum atomic E-state index is -0.102. The Morgan fingerprint density at radius 3 is 2.50 bits per heavy atom. The zero-order valence-corrected chi connectivity index (χ0v) is 10.3. The summed E-state index contributed by atoms with van der Waals surface area (Å²) in [5, 5.41) is 0. The van der Waals surface area contributed by atoms with E-state index in [1.165, 1.54) is 0 Å². The molecule has 0 saturated heterocycles. The lowest BCUT2D eigenvalue weighted by Gasteiger charge is -2.12. The van der Waals surface area contributed by atoms with Crippen molar-refractivity contribution in [3.05, 3.63) is 28.8 Å². The molecule has 0 amide bonds. The van der Waals surface area contributed by atoms with Gasteiger partial charge >= 0.3 is 0 Å². The number of methoxy groups -OCH3 is 1. The smallest absolute Gasteiger partial charge is 0.164 e. The van der Waals surface area contributed by atoms with Crippen LogP contribution in [0.15, 0.2) is 12.1 Å². The average molecular weight is 221 g/mol. The molecule has 0 spiro atoms. The van der Waals surface area contributed by atoms with Crippen LogP contribution < -0.4 is 10.5 Å². The van der Waals surface area contributed by atoms with Crippen molar-refractivity contribution in [2.75, 3.05) is 7.11 Å². The number of ketones is 1. The van der Waals surface area contributed by atoms with Crippen LogP contribution in [0, 0.1) is 13.8 Å². The van der Waals surface area contributed by atoms with Gasteiger partial charge < -0.3 is 10.5 Å². The van der Waals surface area contributed by atoms with Crippen molar-refractivity contribution in [2.24, 2.45) is 5.73 Å². The summed E-state index contributed by atoms with van der Waals surface area (Å²) in [5.74, 6) is 0.910. The van der Waals surface area contributed by atoms with Gasteiger partial charge in [-0.15, -0.1) is 0 Å². The number of hydrogen-bond donors (Lipinski definition) is 1. The van der Waals surface area contributed by atoms with Gasteiger partial charge in [-0.1, -0.05) is 0 Å². The Hall–Kier alpha value is -1.35. The van der Waals surface area contributed by atoms with E-state index in [-0.39, 0.29) is 11.8 Å². The van der Waals surface area contributed by atoms with Crippen LogP contribution in [0.3, 0.4) is 0 Å². The van der Waals surface area contributed by atoms with E-state index in [2.05, 4.69) is 0 Å². The van der Waals surface area contributed by atoms with Crippen molar-refractivity contribution >= 4 is 5.78 Å². The van der Waals surface area contributed by atoms with E-state index in [1.807, 2.05) is 32.9 Å². The van der Waals surface area contributed by atoms with Crippen molar-refractivity contribution in [3.8, 4) is 5.75 Å². The third-order valence-electron chi connectivity index (χ3n) is 2.77. The van der Waals surface area contributed by atoms with E-state index in [0.29, 0.717) is 6.42 Å². The molecular weight excluding hydrogens is 202 g/mol. The Labute approximate surface area is 96.6 Å². The van der Waals surface area contributed by atoms with Gasteiger partial charge in [0.05, 0.1) is 7.11 Å². The molecule has 1 aromatic rings. The molecule has 0 heterocycles. The normalized spacial score (nSPS) is 12.3. The molecule has 88 valence electrons. The second-order valence-corrected chi connectivity index (χ2v) is 4.17. The molecule has 0 bridgehead atoms. The standard InChI is InChI=1S/C13H19NO2/c1-8(14)7-12(15)11-5-6-13(16-4)10(3)9(11)2/h5-6,8H,7,14H2,1-4H3. The Morgan fingerprint density at radius 2 is 2.00 bits per heavy atom. The average Bonchev–Trinajstić information content (AvgIpc) is 2.20. The molecule has 0 radical (unpaired) electrons. The summed E-state index contributed by atoms with van der Waals surface area (Å²) < 4.78 is 5.21. The molecule has 16 heavy (non-hydrogen) atoms. The van der Waals surface area contributed by atoms with E-state index >= 15 is 0 Å². The number of Topliss-reactive ketones (excluding diaryl/α,β-unsaturated/α-hetero) is 1. The Bertz CT molecular complexity index is 397. The van der Waals surface area contributed by atoms with Crippen LogP contribution in [0.25, 0.3) is 0 Å². The molecule has 1 atom stereocenters. The third kappa shape index (κ3) is 2.61. The fraction of sp³-hybridized carbons (Fsp3) is 0.462. The van der Waals surface area contributed by atoms with Crippen molar-refractivity contribution in [1.29, 1.82) is 0 Å². The first-order valence-corrected chi connectivity index (χ1v) is 5.40. The number of carbonyl (C=O) groups excluding carboxylic acids is 1. The van der Waals surface area contributed by atoms with Gasteiger partial charge in [0.2, 0.25) is 0 Å². The summed E-state index contributed by atoms with van der Waals surface area (Å²) in [7, 11) is 1.63. The predicted molar refractivity (Wildman–Crippen MR) is 65.1 cm³/mol. The quantitative estimate of drug-likeness (QED) is 0.793. The summed E-state index contributed by atoms with van der Waals surface area (Å²) in [4.78, 5) is 11.9. The highest BCUT2D eigenvalue weighted by Gasteiger charge is 2.14. The highest BCUT2D eigenvalue weighted by atomic mass is 16.5. The van der Waals surface area contributed by atoms with Crippen LogP contribution in [0.2, 0.25) is 0 Å². The Morgan fingerprint density at radius 1 is 1.38 bits per heavy atom. The first kappa shape index (κ1) is 12.7. The van der Waals surface area contributed by atoms with Crippen LogP contribution in [-0.2, 0) is 0 Å². The predicted octanol–water partition coefficient (Wildman–Crippen LogP) is 2.23. The monoisotopic (exact) mass is 221 g/mol. The SMILES string of the molecule is COc1ccc(C(=O)CC(C)N)c(C)c1C.